The molecule has 39 heavy (non-hydrogen) atoms. The van der Waals surface area contributed by atoms with Gasteiger partial charge in [0.1, 0.15) is 17.9 Å². The molecule has 1 N–H and O–H groups in total. The van der Waals surface area contributed by atoms with Crippen molar-refractivity contribution < 1.29 is 28.4 Å². The van der Waals surface area contributed by atoms with Gasteiger partial charge < -0.3 is 24.1 Å². The van der Waals surface area contributed by atoms with E-state index in [-0.39, 0.29) is 36.5 Å². The number of aromatic nitrogens is 4. The molecule has 206 valence electrons. The molecule has 2 aromatic heterocycles. The highest BCUT2D eigenvalue weighted by atomic mass is 32.2. The van der Waals surface area contributed by atoms with Gasteiger partial charge in [0.05, 0.1) is 32.1 Å². The third kappa shape index (κ3) is 5.92. The van der Waals surface area contributed by atoms with Crippen LogP contribution in [0.1, 0.15) is 30.7 Å². The van der Waals surface area contributed by atoms with Crippen LogP contribution >= 0.6 is 11.8 Å². The van der Waals surface area contributed by atoms with Crippen molar-refractivity contribution >= 4 is 17.4 Å². The Balaban J connectivity index is 1.44. The smallest absolute Gasteiger partial charge is 0.262 e. The quantitative estimate of drug-likeness (QED) is 0.272. The molecular weight excluding hydrogens is 523 g/mol. The average Bonchev–Trinajstić information content (AvgIpc) is 3.48. The Labute approximate surface area is 230 Å². The molecule has 2 aromatic carbocycles. The second-order valence-corrected chi connectivity index (χ2v) is 10.2. The number of hydrogen-bond acceptors (Lipinski definition) is 9. The van der Waals surface area contributed by atoms with E-state index < -0.39 is 24.2 Å². The molecule has 4 atom stereocenters. The zero-order valence-corrected chi connectivity index (χ0v) is 22.8. The molecule has 0 bridgehead atoms. The first-order valence-corrected chi connectivity index (χ1v) is 13.9. The zero-order valence-electron chi connectivity index (χ0n) is 21.9. The van der Waals surface area contributed by atoms with Crippen molar-refractivity contribution in [2.75, 3.05) is 12.9 Å². The average molecular weight is 555 g/mol. The lowest BCUT2D eigenvalue weighted by Crippen LogP contribution is -2.40. The number of rotatable bonds is 11. The molecule has 1 aliphatic heterocycles. The molecule has 1 saturated heterocycles. The minimum absolute atomic E-state index is 0.000569. The summed E-state index contributed by atoms with van der Waals surface area (Å²) in [6.45, 7) is 4.17. The molecule has 5 rings (SSSR count). The van der Waals surface area contributed by atoms with E-state index in [1.807, 2.05) is 80.8 Å². The fourth-order valence-electron chi connectivity index (χ4n) is 4.40. The minimum atomic E-state index is -2.40. The molecule has 0 amide bonds. The fraction of sp³-hybridized carbons (Fsp3) is 0.393. The monoisotopic (exact) mass is 554 g/mol. The van der Waals surface area contributed by atoms with Crippen molar-refractivity contribution in [3.63, 3.8) is 0 Å². The molecule has 0 radical (unpaired) electrons. The lowest BCUT2D eigenvalue weighted by Gasteiger charge is -2.24. The lowest BCUT2D eigenvalue weighted by atomic mass is 10.0. The number of fused-ring (bicyclic) bond motifs is 1. The molecule has 4 aromatic rings. The third-order valence-corrected chi connectivity index (χ3v) is 6.79. The van der Waals surface area contributed by atoms with Gasteiger partial charge >= 0.3 is 0 Å². The number of ether oxygens (including phenoxy) is 4. The van der Waals surface area contributed by atoms with Gasteiger partial charge in [-0.15, -0.1) is 5.10 Å². The van der Waals surface area contributed by atoms with Crippen molar-refractivity contribution in [3.05, 3.63) is 83.7 Å². The second-order valence-electron chi connectivity index (χ2n) is 9.47. The normalized spacial score (nSPS) is 23.1. The molecule has 0 aliphatic carbocycles. The predicted molar refractivity (Wildman–Crippen MR) is 143 cm³/mol. The molecule has 4 unspecified atom stereocenters. The number of hydrogen-bond donors (Lipinski definition) is 1. The molecule has 3 heterocycles. The van der Waals surface area contributed by atoms with Gasteiger partial charge in [-0.05, 0) is 31.2 Å². The molecule has 1 fully saturated rings. The standard InChI is InChI=1S/C28H31FN4O5S/c1-18(2)37-26-25-30-14-22(33(25)32-27(31-26)39-3)28(34)24(29)23(36-16-20-12-8-5-9-13-20)21(38-28)17-35-15-19-10-6-4-7-11-19/h4-14,18,21,23-24,34H,15-17H2,1-3H3. The largest absolute Gasteiger partial charge is 0.472 e. The molecular formula is C28H31FN4O5S. The van der Waals surface area contributed by atoms with Gasteiger partial charge in [-0.25, -0.2) is 13.9 Å². The van der Waals surface area contributed by atoms with E-state index in [4.69, 9.17) is 18.9 Å². The Hall–Kier alpha value is -3.09. The van der Waals surface area contributed by atoms with Crippen molar-refractivity contribution in [1.29, 1.82) is 0 Å². The van der Waals surface area contributed by atoms with Crippen LogP contribution in [0.25, 0.3) is 5.65 Å². The Morgan fingerprint density at radius 1 is 1.08 bits per heavy atom. The summed E-state index contributed by atoms with van der Waals surface area (Å²) in [6.07, 6.45) is -1.03. The fourth-order valence-corrected chi connectivity index (χ4v) is 4.74. The number of alkyl halides is 1. The van der Waals surface area contributed by atoms with Crippen LogP contribution in [0.15, 0.2) is 72.0 Å². The van der Waals surface area contributed by atoms with E-state index in [1.54, 1.807) is 0 Å². The number of nitrogens with zero attached hydrogens (tertiary/aromatic N) is 4. The summed E-state index contributed by atoms with van der Waals surface area (Å²) in [6, 6.07) is 19.1. The van der Waals surface area contributed by atoms with Gasteiger partial charge in [0, 0.05) is 0 Å². The van der Waals surface area contributed by atoms with Crippen LogP contribution in [0.3, 0.4) is 0 Å². The first-order valence-electron chi connectivity index (χ1n) is 12.7. The summed E-state index contributed by atoms with van der Waals surface area (Å²) in [5.41, 5.74) is 2.08. The van der Waals surface area contributed by atoms with E-state index in [0.717, 1.165) is 11.1 Å². The van der Waals surface area contributed by atoms with Gasteiger partial charge in [-0.2, -0.15) is 4.98 Å². The van der Waals surface area contributed by atoms with Crippen LogP contribution in [0, 0.1) is 0 Å². The van der Waals surface area contributed by atoms with Gasteiger partial charge in [0.25, 0.3) is 5.88 Å². The van der Waals surface area contributed by atoms with Crippen LogP contribution in [0.5, 0.6) is 5.88 Å². The summed E-state index contributed by atoms with van der Waals surface area (Å²) in [4.78, 5) is 8.73. The zero-order chi connectivity index (χ0) is 27.4. The highest BCUT2D eigenvalue weighted by molar-refractivity contribution is 7.98. The van der Waals surface area contributed by atoms with Crippen molar-refractivity contribution in [1.82, 2.24) is 19.6 Å². The number of aliphatic hydroxyl groups is 1. The topological polar surface area (TPSA) is 100 Å². The molecule has 1 aliphatic rings. The summed E-state index contributed by atoms with van der Waals surface area (Å²) >= 11 is 1.28. The number of benzene rings is 2. The van der Waals surface area contributed by atoms with E-state index in [2.05, 4.69) is 15.1 Å². The number of thioether (sulfide) groups is 1. The van der Waals surface area contributed by atoms with Crippen LogP contribution in [-0.4, -0.2) is 62.0 Å². The summed E-state index contributed by atoms with van der Waals surface area (Å²) < 4.78 is 41.3. The maximum atomic E-state index is 16.2. The lowest BCUT2D eigenvalue weighted by molar-refractivity contribution is -0.232. The summed E-state index contributed by atoms with van der Waals surface area (Å²) in [7, 11) is 0. The number of imidazole rings is 1. The van der Waals surface area contributed by atoms with Crippen molar-refractivity contribution in [2.45, 2.75) is 62.5 Å². The van der Waals surface area contributed by atoms with Crippen LogP contribution < -0.4 is 4.74 Å². The first-order chi connectivity index (χ1) is 18.9. The van der Waals surface area contributed by atoms with E-state index >= 15 is 4.39 Å². The van der Waals surface area contributed by atoms with Crippen LogP contribution in [0.2, 0.25) is 0 Å². The minimum Gasteiger partial charge on any atom is -0.472 e. The Kier molecular flexibility index (Phi) is 8.43. The van der Waals surface area contributed by atoms with Crippen LogP contribution in [-0.2, 0) is 33.2 Å². The van der Waals surface area contributed by atoms with Crippen LogP contribution in [0.4, 0.5) is 4.39 Å². The molecule has 11 heteroatoms. The van der Waals surface area contributed by atoms with E-state index in [0.29, 0.717) is 11.8 Å². The first kappa shape index (κ1) is 27.5. The molecule has 9 nitrogen and oxygen atoms in total. The van der Waals surface area contributed by atoms with E-state index in [1.165, 1.54) is 22.5 Å². The van der Waals surface area contributed by atoms with E-state index in [9.17, 15) is 5.11 Å². The van der Waals surface area contributed by atoms with Gasteiger partial charge in [-0.3, -0.25) is 0 Å². The maximum Gasteiger partial charge on any atom is 0.262 e. The Morgan fingerprint density at radius 2 is 1.74 bits per heavy atom. The molecule has 0 saturated carbocycles. The highest BCUT2D eigenvalue weighted by Crippen LogP contribution is 2.42. The van der Waals surface area contributed by atoms with Gasteiger partial charge in [0.2, 0.25) is 16.6 Å². The number of halogens is 1. The predicted octanol–water partition coefficient (Wildman–Crippen LogP) is 4.32. The second kappa shape index (κ2) is 12.0. The van der Waals surface area contributed by atoms with Gasteiger partial charge in [0.15, 0.2) is 6.17 Å². The highest BCUT2D eigenvalue weighted by Gasteiger charge is 2.59. The Bertz CT molecular complexity index is 1380. The third-order valence-electron chi connectivity index (χ3n) is 6.25. The van der Waals surface area contributed by atoms with Crippen molar-refractivity contribution in [3.8, 4) is 5.88 Å². The summed E-state index contributed by atoms with van der Waals surface area (Å²) in [5, 5.41) is 16.5. The molecule has 0 spiro atoms. The summed E-state index contributed by atoms with van der Waals surface area (Å²) in [5.74, 6) is -2.17. The van der Waals surface area contributed by atoms with Gasteiger partial charge in [-0.1, -0.05) is 72.4 Å². The Morgan fingerprint density at radius 3 is 2.38 bits per heavy atom. The maximum absolute atomic E-state index is 16.2. The SMILES string of the molecule is CSc1nc(OC(C)C)c2ncc(C3(O)OC(COCc4ccccc4)C(OCc4ccccc4)C3F)n2n1. The van der Waals surface area contributed by atoms with Crippen molar-refractivity contribution in [2.24, 2.45) is 0 Å².